The first-order valence-corrected chi connectivity index (χ1v) is 9.63. The van der Waals surface area contributed by atoms with Gasteiger partial charge in [0.25, 0.3) is 5.78 Å². The molecule has 0 spiro atoms. The van der Waals surface area contributed by atoms with Crippen molar-refractivity contribution < 1.29 is 4.79 Å². The number of thioether (sulfide) groups is 1. The number of amides is 1. The van der Waals surface area contributed by atoms with Gasteiger partial charge >= 0.3 is 0 Å². The van der Waals surface area contributed by atoms with Gasteiger partial charge in [-0.3, -0.25) is 4.79 Å². The van der Waals surface area contributed by atoms with E-state index < -0.39 is 0 Å². The fourth-order valence-electron chi connectivity index (χ4n) is 2.76. The standard InChI is InChI=1S/C17H27N5OS/c1-6-9-10-14-12(4)18-16-19-17(20-22(16)13(14)5)24-11-15(23)21(7-2)8-3/h6-11H2,1-5H3. The van der Waals surface area contributed by atoms with Crippen molar-refractivity contribution in [1.82, 2.24) is 24.5 Å². The minimum Gasteiger partial charge on any atom is -0.343 e. The summed E-state index contributed by atoms with van der Waals surface area (Å²) in [6.07, 6.45) is 3.31. The van der Waals surface area contributed by atoms with Crippen LogP contribution in [0.4, 0.5) is 0 Å². The Kier molecular flexibility index (Phi) is 6.60. The van der Waals surface area contributed by atoms with Crippen LogP contribution >= 0.6 is 11.8 Å². The summed E-state index contributed by atoms with van der Waals surface area (Å²) in [5.74, 6) is 1.09. The quantitative estimate of drug-likeness (QED) is 0.686. The molecule has 6 nitrogen and oxygen atoms in total. The number of fused-ring (bicyclic) bond motifs is 1. The van der Waals surface area contributed by atoms with E-state index in [1.54, 1.807) is 0 Å². The molecule has 1 amide bonds. The molecule has 2 aromatic rings. The molecule has 0 aliphatic carbocycles. The van der Waals surface area contributed by atoms with Crippen LogP contribution in [0.5, 0.6) is 0 Å². The molecule has 2 rings (SSSR count). The van der Waals surface area contributed by atoms with E-state index in [1.165, 1.54) is 17.3 Å². The van der Waals surface area contributed by atoms with E-state index in [1.807, 2.05) is 30.2 Å². The largest absolute Gasteiger partial charge is 0.343 e. The lowest BCUT2D eigenvalue weighted by molar-refractivity contribution is -0.127. The Morgan fingerprint density at radius 2 is 1.88 bits per heavy atom. The Hall–Kier alpha value is -1.63. The van der Waals surface area contributed by atoms with Crippen molar-refractivity contribution in [1.29, 1.82) is 0 Å². The predicted molar refractivity (Wildman–Crippen MR) is 97.5 cm³/mol. The fraction of sp³-hybridized carbons (Fsp3) is 0.647. The van der Waals surface area contributed by atoms with Crippen LogP contribution in [0.1, 0.15) is 50.6 Å². The van der Waals surface area contributed by atoms with E-state index in [0.717, 1.165) is 43.7 Å². The first kappa shape index (κ1) is 18.7. The topological polar surface area (TPSA) is 63.4 Å². The third-order valence-corrected chi connectivity index (χ3v) is 5.07. The van der Waals surface area contributed by atoms with Gasteiger partial charge in [0.1, 0.15) is 0 Å². The van der Waals surface area contributed by atoms with Gasteiger partial charge in [-0.25, -0.2) is 9.50 Å². The van der Waals surface area contributed by atoms with Crippen molar-refractivity contribution in [2.24, 2.45) is 0 Å². The number of hydrogen-bond donors (Lipinski definition) is 0. The van der Waals surface area contributed by atoms with Gasteiger partial charge in [-0.05, 0) is 46.1 Å². The lowest BCUT2D eigenvalue weighted by Crippen LogP contribution is -2.31. The highest BCUT2D eigenvalue weighted by Crippen LogP contribution is 2.19. The smallest absolute Gasteiger partial charge is 0.253 e. The number of unbranched alkanes of at least 4 members (excludes halogenated alkanes) is 1. The Balaban J connectivity index is 2.19. The molecule has 0 radical (unpaired) electrons. The molecule has 0 aliphatic rings. The highest BCUT2D eigenvalue weighted by atomic mass is 32.2. The first-order chi connectivity index (χ1) is 11.5. The van der Waals surface area contributed by atoms with E-state index >= 15 is 0 Å². The Morgan fingerprint density at radius 1 is 1.17 bits per heavy atom. The van der Waals surface area contributed by atoms with Crippen molar-refractivity contribution in [2.75, 3.05) is 18.8 Å². The van der Waals surface area contributed by atoms with Gasteiger partial charge in [0, 0.05) is 24.5 Å². The normalized spacial score (nSPS) is 11.2. The lowest BCUT2D eigenvalue weighted by Gasteiger charge is -2.17. The summed E-state index contributed by atoms with van der Waals surface area (Å²) in [5, 5.41) is 5.15. The van der Waals surface area contributed by atoms with Crippen LogP contribution in [0.25, 0.3) is 5.78 Å². The van der Waals surface area contributed by atoms with Crippen molar-refractivity contribution in [3.8, 4) is 0 Å². The van der Waals surface area contributed by atoms with Crippen molar-refractivity contribution >= 4 is 23.4 Å². The first-order valence-electron chi connectivity index (χ1n) is 8.65. The summed E-state index contributed by atoms with van der Waals surface area (Å²) >= 11 is 1.38. The minimum atomic E-state index is 0.119. The summed E-state index contributed by atoms with van der Waals surface area (Å²) in [5.41, 5.74) is 3.38. The molecule has 0 fully saturated rings. The average Bonchev–Trinajstić information content (AvgIpc) is 2.97. The minimum absolute atomic E-state index is 0.119. The van der Waals surface area contributed by atoms with Crippen molar-refractivity contribution in [2.45, 2.75) is 59.0 Å². The van der Waals surface area contributed by atoms with E-state index in [9.17, 15) is 4.79 Å². The van der Waals surface area contributed by atoms with Crippen LogP contribution in [-0.2, 0) is 11.2 Å². The van der Waals surface area contributed by atoms with Crippen LogP contribution in [0.2, 0.25) is 0 Å². The molecule has 7 heteroatoms. The third kappa shape index (κ3) is 4.06. The van der Waals surface area contributed by atoms with Gasteiger partial charge in [-0.15, -0.1) is 5.10 Å². The average molecular weight is 350 g/mol. The van der Waals surface area contributed by atoms with Gasteiger partial charge < -0.3 is 4.90 Å². The fourth-order valence-corrected chi connectivity index (χ4v) is 3.48. The second-order valence-electron chi connectivity index (χ2n) is 5.83. The van der Waals surface area contributed by atoms with Crippen LogP contribution in [0.3, 0.4) is 0 Å². The van der Waals surface area contributed by atoms with E-state index in [2.05, 4.69) is 28.9 Å². The van der Waals surface area contributed by atoms with E-state index in [0.29, 0.717) is 16.7 Å². The van der Waals surface area contributed by atoms with Gasteiger partial charge in [-0.1, -0.05) is 25.1 Å². The van der Waals surface area contributed by atoms with Crippen molar-refractivity contribution in [3.05, 3.63) is 17.0 Å². The molecular formula is C17H27N5OS. The molecule has 0 aliphatic heterocycles. The Morgan fingerprint density at radius 3 is 2.50 bits per heavy atom. The predicted octanol–water partition coefficient (Wildman–Crippen LogP) is 3.04. The molecule has 0 bridgehead atoms. The maximum absolute atomic E-state index is 12.1. The number of rotatable bonds is 8. The number of carbonyl (C=O) groups is 1. The summed E-state index contributed by atoms with van der Waals surface area (Å²) in [7, 11) is 0. The number of aromatic nitrogens is 4. The van der Waals surface area contributed by atoms with Crippen molar-refractivity contribution in [3.63, 3.8) is 0 Å². The zero-order valence-corrected chi connectivity index (χ0v) is 16.1. The zero-order valence-electron chi connectivity index (χ0n) is 15.3. The number of aryl methyl sites for hydroxylation is 2. The summed E-state index contributed by atoms with van der Waals surface area (Å²) in [4.78, 5) is 23.0. The summed E-state index contributed by atoms with van der Waals surface area (Å²) < 4.78 is 1.81. The van der Waals surface area contributed by atoms with Gasteiger partial charge in [0.15, 0.2) is 0 Å². The third-order valence-electron chi connectivity index (χ3n) is 4.25. The van der Waals surface area contributed by atoms with E-state index in [-0.39, 0.29) is 5.91 Å². The molecule has 2 heterocycles. The molecule has 2 aromatic heterocycles. The highest BCUT2D eigenvalue weighted by Gasteiger charge is 2.15. The van der Waals surface area contributed by atoms with Gasteiger partial charge in [-0.2, -0.15) is 4.98 Å². The van der Waals surface area contributed by atoms with Crippen LogP contribution in [0.15, 0.2) is 5.16 Å². The second-order valence-corrected chi connectivity index (χ2v) is 6.77. The molecule has 0 saturated heterocycles. The molecule has 0 saturated carbocycles. The number of hydrogen-bond acceptors (Lipinski definition) is 5. The van der Waals surface area contributed by atoms with Crippen LogP contribution in [0, 0.1) is 13.8 Å². The van der Waals surface area contributed by atoms with Gasteiger partial charge in [0.05, 0.1) is 5.75 Å². The molecule has 132 valence electrons. The Bertz CT molecular complexity index is 709. The summed E-state index contributed by atoms with van der Waals surface area (Å²) in [6, 6.07) is 0. The number of carbonyl (C=O) groups excluding carboxylic acids is 1. The molecule has 0 atom stereocenters. The highest BCUT2D eigenvalue weighted by molar-refractivity contribution is 7.99. The maximum atomic E-state index is 12.1. The Labute approximate surface area is 148 Å². The molecular weight excluding hydrogens is 322 g/mol. The maximum Gasteiger partial charge on any atom is 0.253 e. The monoisotopic (exact) mass is 349 g/mol. The second kappa shape index (κ2) is 8.46. The lowest BCUT2D eigenvalue weighted by atomic mass is 10.1. The van der Waals surface area contributed by atoms with Gasteiger partial charge in [0.2, 0.25) is 11.1 Å². The SMILES string of the molecule is CCCCc1c(C)nc2nc(SCC(=O)N(CC)CC)nn2c1C. The molecule has 0 N–H and O–H groups in total. The van der Waals surface area contributed by atoms with Crippen LogP contribution < -0.4 is 0 Å². The molecule has 0 unspecified atom stereocenters. The zero-order chi connectivity index (χ0) is 17.7. The molecule has 24 heavy (non-hydrogen) atoms. The van der Waals surface area contributed by atoms with E-state index in [4.69, 9.17) is 0 Å². The molecule has 0 aromatic carbocycles. The van der Waals surface area contributed by atoms with Crippen LogP contribution in [-0.4, -0.2) is 49.2 Å². The summed E-state index contributed by atoms with van der Waals surface area (Å²) in [6.45, 7) is 11.7. The number of nitrogens with zero attached hydrogens (tertiary/aromatic N) is 5.